The highest BCUT2D eigenvalue weighted by atomic mass is 31.3. The number of aromatic nitrogens is 2. The van der Waals surface area contributed by atoms with Gasteiger partial charge in [0.05, 0.1) is 13.2 Å². The molecule has 7 atom stereocenters. The number of nitrogens with two attached hydrogens (primary N) is 1. The third kappa shape index (κ3) is 32.9. The van der Waals surface area contributed by atoms with Crippen LogP contribution in [0.4, 0.5) is 5.82 Å². The lowest BCUT2D eigenvalue weighted by Gasteiger charge is -2.21. The predicted octanol–water partition coefficient (Wildman–Crippen LogP) is 11.9. The van der Waals surface area contributed by atoms with Crippen LogP contribution in [0.2, 0.25) is 0 Å². The van der Waals surface area contributed by atoms with Crippen molar-refractivity contribution in [1.29, 1.82) is 0 Å². The van der Waals surface area contributed by atoms with Crippen molar-refractivity contribution in [2.45, 2.75) is 264 Å². The minimum atomic E-state index is -5.42. The van der Waals surface area contributed by atoms with Crippen LogP contribution in [-0.4, -0.2) is 85.7 Å². The van der Waals surface area contributed by atoms with Gasteiger partial charge in [0.25, 0.3) is 0 Å². The highest BCUT2D eigenvalue weighted by Crippen LogP contribution is 2.60. The summed E-state index contributed by atoms with van der Waals surface area (Å²) in [5.41, 5.74) is 4.60. The quantitative estimate of drug-likeness (QED) is 0.0231. The molecule has 0 spiro atoms. The zero-order valence-electron chi connectivity index (χ0n) is 44.6. The number of ether oxygens (including phenoxy) is 3. The number of phosphoric acid groups is 2. The number of phosphoric ester groups is 2. The number of nitrogen functional groups attached to an aromatic ring is 1. The molecular formula is C52H97N3O15P2. The molecular weight excluding hydrogens is 969 g/mol. The Hall–Kier alpha value is -2.24. The topological polar surface area (TPSA) is 265 Å². The molecule has 18 nitrogen and oxygen atoms in total. The van der Waals surface area contributed by atoms with E-state index in [0.717, 1.165) is 61.3 Å². The van der Waals surface area contributed by atoms with Crippen LogP contribution in [0.1, 0.15) is 239 Å². The maximum Gasteiger partial charge on any atom is 0.481 e. The van der Waals surface area contributed by atoms with E-state index in [9.17, 15) is 43.5 Å². The fourth-order valence-corrected chi connectivity index (χ4v) is 10.9. The molecule has 420 valence electrons. The van der Waals surface area contributed by atoms with Crippen LogP contribution in [0.25, 0.3) is 0 Å². The normalized spacial score (nSPS) is 19.1. The van der Waals surface area contributed by atoms with Crippen molar-refractivity contribution >= 4 is 33.4 Å². The number of unbranched alkanes of at least 4 members (excludes halogenated alkanes) is 26. The summed E-state index contributed by atoms with van der Waals surface area (Å²) in [6.07, 6.45) is 29.0. The fraction of sp³-hybridized carbons (Fsp3) is 0.885. The molecule has 1 aromatic heterocycles. The second kappa shape index (κ2) is 39.2. The number of aliphatic hydroxyl groups is 2. The van der Waals surface area contributed by atoms with Crippen molar-refractivity contribution in [3.05, 3.63) is 22.7 Å². The molecule has 0 aromatic carbocycles. The second-order valence-corrected chi connectivity index (χ2v) is 23.8. The Labute approximate surface area is 431 Å². The molecule has 0 radical (unpaired) electrons. The fourth-order valence-electron chi connectivity index (χ4n) is 8.74. The molecule has 0 bridgehead atoms. The highest BCUT2D eigenvalue weighted by molar-refractivity contribution is 7.61. The predicted molar refractivity (Wildman–Crippen MR) is 280 cm³/mol. The first-order valence-corrected chi connectivity index (χ1v) is 30.8. The maximum atomic E-state index is 12.9. The summed E-state index contributed by atoms with van der Waals surface area (Å²) in [5.74, 6) is 0.312. The molecule has 0 amide bonds. The van der Waals surface area contributed by atoms with E-state index in [1.807, 2.05) is 0 Å². The Morgan fingerprint density at radius 3 is 1.46 bits per heavy atom. The van der Waals surface area contributed by atoms with Gasteiger partial charge < -0.3 is 39.9 Å². The summed E-state index contributed by atoms with van der Waals surface area (Å²) in [5, 5.41) is 20.9. The smallest absolute Gasteiger partial charge is 0.462 e. The lowest BCUT2D eigenvalue weighted by Crippen LogP contribution is -2.36. The molecule has 1 aliphatic heterocycles. The summed E-state index contributed by atoms with van der Waals surface area (Å²) in [4.78, 5) is 62.1. The summed E-state index contributed by atoms with van der Waals surface area (Å²) < 4.78 is 57.0. The van der Waals surface area contributed by atoms with Crippen LogP contribution in [0.15, 0.2) is 17.1 Å². The largest absolute Gasteiger partial charge is 0.481 e. The van der Waals surface area contributed by atoms with Gasteiger partial charge in [-0.05, 0) is 30.7 Å². The number of anilines is 1. The number of carbonyl (C=O) groups is 2. The van der Waals surface area contributed by atoms with Gasteiger partial charge in [0, 0.05) is 19.0 Å². The second-order valence-electron chi connectivity index (χ2n) is 20.8. The minimum absolute atomic E-state index is 0.0568. The van der Waals surface area contributed by atoms with Gasteiger partial charge in [-0.25, -0.2) is 13.9 Å². The Balaban J connectivity index is 1.75. The van der Waals surface area contributed by atoms with Crippen LogP contribution in [-0.2, 0) is 46.3 Å². The molecule has 20 heteroatoms. The van der Waals surface area contributed by atoms with Crippen molar-refractivity contribution < 1.29 is 66.3 Å². The Morgan fingerprint density at radius 2 is 1.03 bits per heavy atom. The van der Waals surface area contributed by atoms with Crippen LogP contribution < -0.4 is 11.4 Å². The minimum Gasteiger partial charge on any atom is -0.462 e. The van der Waals surface area contributed by atoms with E-state index in [2.05, 4.69) is 37.0 Å². The van der Waals surface area contributed by atoms with Crippen molar-refractivity contribution in [2.75, 3.05) is 25.6 Å². The molecule has 2 rings (SSSR count). The summed E-state index contributed by atoms with van der Waals surface area (Å²) in [6, 6.07) is 1.25. The molecule has 6 N–H and O–H groups in total. The third-order valence-corrected chi connectivity index (χ3v) is 15.6. The number of hydrogen-bond acceptors (Lipinski definition) is 15. The molecule has 0 aliphatic carbocycles. The van der Waals surface area contributed by atoms with Crippen LogP contribution in [0.3, 0.4) is 0 Å². The van der Waals surface area contributed by atoms with E-state index in [1.165, 1.54) is 147 Å². The zero-order chi connectivity index (χ0) is 53.0. The van der Waals surface area contributed by atoms with E-state index in [4.69, 9.17) is 29.0 Å². The Morgan fingerprint density at radius 1 is 0.625 bits per heavy atom. The molecule has 2 heterocycles. The van der Waals surface area contributed by atoms with Gasteiger partial charge in [-0.1, -0.05) is 207 Å². The number of carbonyl (C=O) groups excluding carboxylic acids is 2. The van der Waals surface area contributed by atoms with E-state index >= 15 is 0 Å². The monoisotopic (exact) mass is 1070 g/mol. The van der Waals surface area contributed by atoms with Gasteiger partial charge in [0.1, 0.15) is 30.7 Å². The van der Waals surface area contributed by atoms with Crippen LogP contribution >= 0.6 is 15.6 Å². The van der Waals surface area contributed by atoms with Gasteiger partial charge >= 0.3 is 33.3 Å². The van der Waals surface area contributed by atoms with E-state index in [1.54, 1.807) is 0 Å². The van der Waals surface area contributed by atoms with E-state index < -0.39 is 83.7 Å². The van der Waals surface area contributed by atoms with Crippen molar-refractivity contribution in [3.63, 3.8) is 0 Å². The number of rotatable bonds is 46. The number of aliphatic hydroxyl groups excluding tert-OH is 2. The number of hydrogen-bond donors (Lipinski definition) is 5. The zero-order valence-corrected chi connectivity index (χ0v) is 46.4. The first kappa shape index (κ1) is 65.9. The first-order chi connectivity index (χ1) is 34.4. The average Bonchev–Trinajstić information content (AvgIpc) is 3.59. The van der Waals surface area contributed by atoms with Crippen LogP contribution in [0.5, 0.6) is 0 Å². The molecule has 3 unspecified atom stereocenters. The lowest BCUT2D eigenvalue weighted by molar-refractivity contribution is -0.161. The van der Waals surface area contributed by atoms with Gasteiger partial charge in [-0.15, -0.1) is 0 Å². The summed E-state index contributed by atoms with van der Waals surface area (Å²) in [6.45, 7) is 6.85. The van der Waals surface area contributed by atoms with E-state index in [0.29, 0.717) is 12.8 Å². The Kier molecular flexibility index (Phi) is 35.8. The molecule has 1 saturated heterocycles. The summed E-state index contributed by atoms with van der Waals surface area (Å²) in [7, 11) is -10.8. The van der Waals surface area contributed by atoms with Crippen LogP contribution in [0, 0.1) is 11.8 Å². The summed E-state index contributed by atoms with van der Waals surface area (Å²) >= 11 is 0. The van der Waals surface area contributed by atoms with Crippen molar-refractivity contribution in [1.82, 2.24) is 9.55 Å². The highest BCUT2D eigenvalue weighted by Gasteiger charge is 2.46. The number of esters is 2. The van der Waals surface area contributed by atoms with Crippen molar-refractivity contribution in [3.8, 4) is 0 Å². The SMILES string of the molecule is CC(C)CCCCCCCCCCCCCCCCCCC(=O)OC[C@H](COP(=O)(O)OP(=O)(O)OC[C@H]1O[C@@H](n2ccc(N)nc2=O)C(O)[C@H]1O)OC(=O)CCCCCCCCCCCCCCC(C)C. The van der Waals surface area contributed by atoms with Gasteiger partial charge in [-0.3, -0.25) is 23.2 Å². The third-order valence-electron chi connectivity index (χ3n) is 13.0. The molecule has 72 heavy (non-hydrogen) atoms. The van der Waals surface area contributed by atoms with Crippen molar-refractivity contribution in [2.24, 2.45) is 11.8 Å². The standard InChI is InChI=1S/C52H97N3O15P2/c1-42(2)33-29-25-21-17-13-9-7-5-6-8-10-15-19-23-27-31-35-47(56)65-39-44(68-48(57)36-32-28-24-20-16-12-11-14-18-22-26-30-34-43(3)4)40-66-71(61,62)70-72(63,64)67-41-45-49(58)50(59)51(69-45)55-38-37-46(53)54-52(55)60/h37-38,42-45,49-51,58-59H,5-36,39-41H2,1-4H3,(H,61,62)(H,63,64)(H2,53,54,60)/t44-,45-,49+,50?,51-/m1/s1. The lowest BCUT2D eigenvalue weighted by atomic mass is 10.0. The molecule has 1 aromatic rings. The number of nitrogens with zero attached hydrogens (tertiary/aromatic N) is 2. The van der Waals surface area contributed by atoms with Gasteiger partial charge in [-0.2, -0.15) is 9.29 Å². The first-order valence-electron chi connectivity index (χ1n) is 27.8. The average molecular weight is 1070 g/mol. The van der Waals surface area contributed by atoms with E-state index in [-0.39, 0.29) is 18.7 Å². The molecule has 1 aliphatic rings. The van der Waals surface area contributed by atoms with Gasteiger partial charge in [0.2, 0.25) is 0 Å². The molecule has 0 saturated carbocycles. The Bertz CT molecular complexity index is 1740. The molecule has 1 fully saturated rings. The maximum absolute atomic E-state index is 12.9. The van der Waals surface area contributed by atoms with Gasteiger partial charge in [0.15, 0.2) is 12.3 Å².